The number of rotatable bonds is 6. The van der Waals surface area contributed by atoms with Gasteiger partial charge < -0.3 is 5.32 Å². The highest BCUT2D eigenvalue weighted by atomic mass is 14.9. The van der Waals surface area contributed by atoms with E-state index in [0.717, 1.165) is 19.4 Å². The van der Waals surface area contributed by atoms with Gasteiger partial charge >= 0.3 is 0 Å². The zero-order chi connectivity index (χ0) is 11.1. The van der Waals surface area contributed by atoms with Crippen molar-refractivity contribution in [2.75, 3.05) is 6.54 Å². The van der Waals surface area contributed by atoms with Crippen LogP contribution in [0, 0.1) is 6.92 Å². The fourth-order valence-electron chi connectivity index (χ4n) is 1.77. The van der Waals surface area contributed by atoms with E-state index in [2.05, 4.69) is 50.0 Å². The van der Waals surface area contributed by atoms with Crippen LogP contribution < -0.4 is 5.32 Å². The second-order valence-corrected chi connectivity index (χ2v) is 3.87. The van der Waals surface area contributed by atoms with Crippen LogP contribution in [0.25, 0.3) is 0 Å². The lowest BCUT2D eigenvalue weighted by atomic mass is 10.0. The van der Waals surface area contributed by atoms with Crippen molar-refractivity contribution in [1.82, 2.24) is 5.32 Å². The lowest BCUT2D eigenvalue weighted by molar-refractivity contribution is 0.574. The van der Waals surface area contributed by atoms with E-state index in [1.54, 1.807) is 0 Å². The van der Waals surface area contributed by atoms with Crippen molar-refractivity contribution < 1.29 is 0 Å². The Hall–Kier alpha value is -1.08. The van der Waals surface area contributed by atoms with Gasteiger partial charge in [-0.1, -0.05) is 37.3 Å². The fraction of sp³-hybridized carbons (Fsp3) is 0.429. The maximum Gasteiger partial charge on any atom is 0.0250 e. The Morgan fingerprint density at radius 2 is 2.13 bits per heavy atom. The third-order valence-corrected chi connectivity index (χ3v) is 2.74. The lowest BCUT2D eigenvalue weighted by Crippen LogP contribution is -2.27. The van der Waals surface area contributed by atoms with E-state index < -0.39 is 0 Å². The predicted molar refractivity (Wildman–Crippen MR) is 67.2 cm³/mol. The first kappa shape index (κ1) is 12.0. The number of hydrogen-bond acceptors (Lipinski definition) is 1. The van der Waals surface area contributed by atoms with Gasteiger partial charge in [0.1, 0.15) is 0 Å². The molecule has 1 unspecified atom stereocenters. The minimum atomic E-state index is 0.439. The molecule has 0 aliphatic carbocycles. The van der Waals surface area contributed by atoms with Crippen LogP contribution in [-0.4, -0.2) is 12.6 Å². The minimum Gasteiger partial charge on any atom is -0.311 e. The van der Waals surface area contributed by atoms with Crippen molar-refractivity contribution in [3.63, 3.8) is 0 Å². The molecule has 0 bridgehead atoms. The molecule has 1 nitrogen and oxygen atoms in total. The molecule has 0 aliphatic heterocycles. The van der Waals surface area contributed by atoms with E-state index >= 15 is 0 Å². The second kappa shape index (κ2) is 6.41. The second-order valence-electron chi connectivity index (χ2n) is 3.87. The monoisotopic (exact) mass is 203 g/mol. The number of benzene rings is 1. The van der Waals surface area contributed by atoms with Gasteiger partial charge in [-0.25, -0.2) is 0 Å². The Labute approximate surface area is 93.2 Å². The molecule has 0 amide bonds. The molecule has 0 spiro atoms. The van der Waals surface area contributed by atoms with Gasteiger partial charge in [0.15, 0.2) is 0 Å². The van der Waals surface area contributed by atoms with Gasteiger partial charge in [-0.15, -0.1) is 6.58 Å². The van der Waals surface area contributed by atoms with Gasteiger partial charge in [-0.2, -0.15) is 0 Å². The smallest absolute Gasteiger partial charge is 0.0250 e. The summed E-state index contributed by atoms with van der Waals surface area (Å²) < 4.78 is 0. The highest BCUT2D eigenvalue weighted by Gasteiger charge is 2.03. The van der Waals surface area contributed by atoms with Crippen molar-refractivity contribution in [3.8, 4) is 0 Å². The molecule has 0 radical (unpaired) electrons. The van der Waals surface area contributed by atoms with E-state index in [9.17, 15) is 0 Å². The summed E-state index contributed by atoms with van der Waals surface area (Å²) in [5.74, 6) is 0. The molecule has 0 aromatic heterocycles. The van der Waals surface area contributed by atoms with E-state index in [0.29, 0.717) is 6.04 Å². The van der Waals surface area contributed by atoms with Crippen molar-refractivity contribution in [1.29, 1.82) is 0 Å². The lowest BCUT2D eigenvalue weighted by Gasteiger charge is -2.13. The van der Waals surface area contributed by atoms with Gasteiger partial charge in [0.25, 0.3) is 0 Å². The minimum absolute atomic E-state index is 0.439. The SMILES string of the molecule is C=CC(CCc1ccccc1C)NCC. The first-order valence-electron chi connectivity index (χ1n) is 5.68. The summed E-state index contributed by atoms with van der Waals surface area (Å²) in [7, 11) is 0. The summed E-state index contributed by atoms with van der Waals surface area (Å²) in [6, 6.07) is 9.02. The Morgan fingerprint density at radius 3 is 2.73 bits per heavy atom. The van der Waals surface area contributed by atoms with E-state index in [1.165, 1.54) is 11.1 Å². The van der Waals surface area contributed by atoms with Crippen LogP contribution in [0.3, 0.4) is 0 Å². The molecule has 1 aromatic carbocycles. The molecule has 0 aliphatic rings. The Balaban J connectivity index is 2.48. The van der Waals surface area contributed by atoms with Gasteiger partial charge in [0.05, 0.1) is 0 Å². The van der Waals surface area contributed by atoms with Crippen molar-refractivity contribution in [2.24, 2.45) is 0 Å². The molecule has 0 saturated heterocycles. The van der Waals surface area contributed by atoms with Crippen molar-refractivity contribution in [2.45, 2.75) is 32.7 Å². The average molecular weight is 203 g/mol. The predicted octanol–water partition coefficient (Wildman–Crippen LogP) is 3.09. The Bertz CT molecular complexity index is 304. The molecular weight excluding hydrogens is 182 g/mol. The molecule has 1 heteroatoms. The molecule has 1 atom stereocenters. The van der Waals surface area contributed by atoms with E-state index in [-0.39, 0.29) is 0 Å². The van der Waals surface area contributed by atoms with Gasteiger partial charge in [0, 0.05) is 6.04 Å². The van der Waals surface area contributed by atoms with Crippen LogP contribution in [0.4, 0.5) is 0 Å². The standard InChI is InChI=1S/C14H21N/c1-4-14(15-5-2)11-10-13-9-7-6-8-12(13)3/h4,6-9,14-15H,1,5,10-11H2,2-3H3. The quantitative estimate of drug-likeness (QED) is 0.701. The molecule has 82 valence electrons. The van der Waals surface area contributed by atoms with Gasteiger partial charge in [-0.3, -0.25) is 0 Å². The van der Waals surface area contributed by atoms with Crippen LogP contribution in [0.5, 0.6) is 0 Å². The fourth-order valence-corrected chi connectivity index (χ4v) is 1.77. The molecule has 0 heterocycles. The van der Waals surface area contributed by atoms with Crippen LogP contribution in [-0.2, 0) is 6.42 Å². The molecular formula is C14H21N. The van der Waals surface area contributed by atoms with E-state index in [1.807, 2.05) is 6.08 Å². The molecule has 1 rings (SSSR count). The molecule has 15 heavy (non-hydrogen) atoms. The highest BCUT2D eigenvalue weighted by Crippen LogP contribution is 2.10. The third kappa shape index (κ3) is 3.88. The first-order valence-corrected chi connectivity index (χ1v) is 5.68. The summed E-state index contributed by atoms with van der Waals surface area (Å²) in [5, 5.41) is 3.40. The Kier molecular flexibility index (Phi) is 5.13. The molecule has 0 saturated carbocycles. The highest BCUT2D eigenvalue weighted by molar-refractivity contribution is 5.25. The van der Waals surface area contributed by atoms with Crippen LogP contribution in [0.15, 0.2) is 36.9 Å². The summed E-state index contributed by atoms with van der Waals surface area (Å²) in [5.41, 5.74) is 2.83. The van der Waals surface area contributed by atoms with Crippen molar-refractivity contribution in [3.05, 3.63) is 48.0 Å². The Morgan fingerprint density at radius 1 is 1.40 bits per heavy atom. The molecule has 0 fully saturated rings. The van der Waals surface area contributed by atoms with Crippen LogP contribution in [0.1, 0.15) is 24.5 Å². The number of likely N-dealkylation sites (N-methyl/N-ethyl adjacent to an activating group) is 1. The largest absolute Gasteiger partial charge is 0.311 e. The summed E-state index contributed by atoms with van der Waals surface area (Å²) >= 11 is 0. The van der Waals surface area contributed by atoms with E-state index in [4.69, 9.17) is 0 Å². The summed E-state index contributed by atoms with van der Waals surface area (Å²) in [4.78, 5) is 0. The molecule has 1 aromatic rings. The number of aryl methyl sites for hydroxylation is 2. The topological polar surface area (TPSA) is 12.0 Å². The number of hydrogen-bond donors (Lipinski definition) is 1. The van der Waals surface area contributed by atoms with Gasteiger partial charge in [0.2, 0.25) is 0 Å². The average Bonchev–Trinajstić information content (AvgIpc) is 2.26. The zero-order valence-corrected chi connectivity index (χ0v) is 9.79. The normalized spacial score (nSPS) is 12.4. The van der Waals surface area contributed by atoms with Crippen LogP contribution >= 0.6 is 0 Å². The molecule has 1 N–H and O–H groups in total. The third-order valence-electron chi connectivity index (χ3n) is 2.74. The number of nitrogens with one attached hydrogen (secondary N) is 1. The maximum atomic E-state index is 3.85. The summed E-state index contributed by atoms with van der Waals surface area (Å²) in [6.07, 6.45) is 4.25. The maximum absolute atomic E-state index is 3.85. The first-order chi connectivity index (χ1) is 7.27. The van der Waals surface area contributed by atoms with Crippen molar-refractivity contribution >= 4 is 0 Å². The zero-order valence-electron chi connectivity index (χ0n) is 9.79. The van der Waals surface area contributed by atoms with Crippen LogP contribution in [0.2, 0.25) is 0 Å². The summed E-state index contributed by atoms with van der Waals surface area (Å²) in [6.45, 7) is 9.16. The van der Waals surface area contributed by atoms with Gasteiger partial charge in [-0.05, 0) is 37.4 Å².